The molecular weight excluding hydrogens is 218 g/mol. The highest BCUT2D eigenvalue weighted by Crippen LogP contribution is 2.16. The van der Waals surface area contributed by atoms with Crippen LogP contribution >= 0.6 is 0 Å². The van der Waals surface area contributed by atoms with E-state index in [1.807, 2.05) is 6.92 Å². The quantitative estimate of drug-likeness (QED) is 0.644. The summed E-state index contributed by atoms with van der Waals surface area (Å²) in [4.78, 5) is 15.8. The highest BCUT2D eigenvalue weighted by molar-refractivity contribution is 5.96. The Bertz CT molecular complexity index is 560. The van der Waals surface area contributed by atoms with Crippen molar-refractivity contribution in [3.8, 4) is 0 Å². The third kappa shape index (κ3) is 2.33. The third-order valence-electron chi connectivity index (χ3n) is 2.41. The van der Waals surface area contributed by atoms with Gasteiger partial charge in [-0.1, -0.05) is 11.2 Å². The molecule has 0 aliphatic rings. The Kier molecular flexibility index (Phi) is 3.18. The Morgan fingerprint density at radius 2 is 2.47 bits per heavy atom. The first kappa shape index (κ1) is 11.3. The van der Waals surface area contributed by atoms with E-state index in [2.05, 4.69) is 22.0 Å². The van der Waals surface area contributed by atoms with E-state index < -0.39 is 0 Å². The van der Waals surface area contributed by atoms with Crippen molar-refractivity contribution in [3.05, 3.63) is 36.2 Å². The van der Waals surface area contributed by atoms with Crippen molar-refractivity contribution in [3.63, 3.8) is 0 Å². The van der Waals surface area contributed by atoms with Gasteiger partial charge in [0.05, 0.1) is 16.6 Å². The molecule has 2 rings (SSSR count). The summed E-state index contributed by atoms with van der Waals surface area (Å²) in [6, 6.07) is 1.73. The van der Waals surface area contributed by atoms with E-state index in [0.717, 1.165) is 17.5 Å². The van der Waals surface area contributed by atoms with E-state index in [0.29, 0.717) is 17.8 Å². The molecular formula is C12H13N3O2. The molecule has 0 aliphatic carbocycles. The van der Waals surface area contributed by atoms with Gasteiger partial charge in [-0.05, 0) is 19.4 Å². The van der Waals surface area contributed by atoms with E-state index in [9.17, 15) is 4.79 Å². The van der Waals surface area contributed by atoms with Crippen LogP contribution in [0.5, 0.6) is 0 Å². The van der Waals surface area contributed by atoms with Crippen molar-refractivity contribution >= 4 is 17.0 Å². The summed E-state index contributed by atoms with van der Waals surface area (Å²) in [7, 11) is 0. The number of hydrogen-bond acceptors (Lipinski definition) is 4. The second-order valence-corrected chi connectivity index (χ2v) is 3.68. The van der Waals surface area contributed by atoms with Gasteiger partial charge in [0.2, 0.25) is 0 Å². The van der Waals surface area contributed by atoms with Crippen LogP contribution in [0.25, 0.3) is 11.1 Å². The van der Waals surface area contributed by atoms with Gasteiger partial charge < -0.3 is 9.84 Å². The molecule has 0 bridgehead atoms. The third-order valence-corrected chi connectivity index (χ3v) is 2.41. The molecule has 88 valence electrons. The fourth-order valence-electron chi connectivity index (χ4n) is 1.46. The van der Waals surface area contributed by atoms with Crippen LogP contribution in [-0.2, 0) is 0 Å². The van der Waals surface area contributed by atoms with Crippen LogP contribution in [0.2, 0.25) is 0 Å². The zero-order chi connectivity index (χ0) is 12.3. The van der Waals surface area contributed by atoms with E-state index in [1.54, 1.807) is 12.1 Å². The SMILES string of the molecule is C=CCCNC(=O)c1cnc2onc(C)c2c1. The van der Waals surface area contributed by atoms with E-state index in [1.165, 1.54) is 6.20 Å². The molecule has 2 heterocycles. The predicted octanol–water partition coefficient (Wildman–Crippen LogP) is 1.84. The molecule has 1 N–H and O–H groups in total. The Morgan fingerprint density at radius 3 is 3.24 bits per heavy atom. The Balaban J connectivity index is 2.20. The van der Waals surface area contributed by atoms with Crippen LogP contribution < -0.4 is 5.32 Å². The van der Waals surface area contributed by atoms with Gasteiger partial charge in [-0.3, -0.25) is 4.79 Å². The van der Waals surface area contributed by atoms with Crippen molar-refractivity contribution < 1.29 is 9.32 Å². The number of aryl methyl sites for hydroxylation is 1. The molecule has 5 nitrogen and oxygen atoms in total. The van der Waals surface area contributed by atoms with Crippen molar-refractivity contribution in [2.75, 3.05) is 6.54 Å². The Hall–Kier alpha value is -2.17. The number of carbonyl (C=O) groups is 1. The molecule has 5 heteroatoms. The van der Waals surface area contributed by atoms with E-state index in [4.69, 9.17) is 4.52 Å². The minimum atomic E-state index is -0.151. The van der Waals surface area contributed by atoms with Crippen LogP contribution in [0.15, 0.2) is 29.4 Å². The van der Waals surface area contributed by atoms with Crippen molar-refractivity contribution in [2.45, 2.75) is 13.3 Å². The zero-order valence-corrected chi connectivity index (χ0v) is 9.56. The summed E-state index contributed by atoms with van der Waals surface area (Å²) >= 11 is 0. The first-order chi connectivity index (χ1) is 8.22. The molecule has 0 fully saturated rings. The van der Waals surface area contributed by atoms with Gasteiger partial charge in [-0.15, -0.1) is 6.58 Å². The number of fused-ring (bicyclic) bond motifs is 1. The maximum absolute atomic E-state index is 11.8. The molecule has 0 unspecified atom stereocenters. The minimum Gasteiger partial charge on any atom is -0.352 e. The lowest BCUT2D eigenvalue weighted by molar-refractivity contribution is 0.0954. The topological polar surface area (TPSA) is 68.0 Å². The van der Waals surface area contributed by atoms with Gasteiger partial charge in [0.1, 0.15) is 0 Å². The van der Waals surface area contributed by atoms with E-state index in [-0.39, 0.29) is 5.91 Å². The van der Waals surface area contributed by atoms with Gasteiger partial charge in [-0.25, -0.2) is 4.98 Å². The average Bonchev–Trinajstić information content (AvgIpc) is 2.71. The fraction of sp³-hybridized carbons (Fsp3) is 0.250. The van der Waals surface area contributed by atoms with Gasteiger partial charge >= 0.3 is 0 Å². The summed E-state index contributed by atoms with van der Waals surface area (Å²) in [5.41, 5.74) is 1.69. The number of nitrogens with one attached hydrogen (secondary N) is 1. The first-order valence-corrected chi connectivity index (χ1v) is 5.33. The molecule has 0 aromatic carbocycles. The molecule has 0 aliphatic heterocycles. The summed E-state index contributed by atoms with van der Waals surface area (Å²) in [6.45, 7) is 5.98. The predicted molar refractivity (Wildman–Crippen MR) is 63.7 cm³/mol. The fourth-order valence-corrected chi connectivity index (χ4v) is 1.46. The molecule has 2 aromatic heterocycles. The number of pyridine rings is 1. The molecule has 0 radical (unpaired) electrons. The molecule has 17 heavy (non-hydrogen) atoms. The monoisotopic (exact) mass is 231 g/mol. The van der Waals surface area contributed by atoms with Gasteiger partial charge in [0.15, 0.2) is 0 Å². The van der Waals surface area contributed by atoms with E-state index >= 15 is 0 Å². The summed E-state index contributed by atoms with van der Waals surface area (Å²) in [6.07, 6.45) is 3.98. The molecule has 0 spiro atoms. The Morgan fingerprint density at radius 1 is 1.65 bits per heavy atom. The lowest BCUT2D eigenvalue weighted by atomic mass is 10.2. The highest BCUT2D eigenvalue weighted by Gasteiger charge is 2.10. The van der Waals surface area contributed by atoms with Crippen LogP contribution in [0.4, 0.5) is 0 Å². The number of rotatable bonds is 4. The van der Waals surface area contributed by atoms with Crippen molar-refractivity contribution in [1.29, 1.82) is 0 Å². The number of nitrogens with zero attached hydrogens (tertiary/aromatic N) is 2. The smallest absolute Gasteiger partial charge is 0.257 e. The molecule has 1 amide bonds. The largest absolute Gasteiger partial charge is 0.352 e. The van der Waals surface area contributed by atoms with Gasteiger partial charge in [-0.2, -0.15) is 0 Å². The molecule has 0 atom stereocenters. The minimum absolute atomic E-state index is 0.151. The molecule has 0 saturated heterocycles. The second kappa shape index (κ2) is 4.78. The average molecular weight is 231 g/mol. The van der Waals surface area contributed by atoms with Crippen LogP contribution in [0.3, 0.4) is 0 Å². The number of aromatic nitrogens is 2. The number of hydrogen-bond donors (Lipinski definition) is 1. The second-order valence-electron chi connectivity index (χ2n) is 3.68. The van der Waals surface area contributed by atoms with Crippen molar-refractivity contribution in [2.24, 2.45) is 0 Å². The molecule has 2 aromatic rings. The van der Waals surface area contributed by atoms with Crippen LogP contribution in [0.1, 0.15) is 22.5 Å². The summed E-state index contributed by atoms with van der Waals surface area (Å²) < 4.78 is 4.98. The van der Waals surface area contributed by atoms with Crippen LogP contribution in [0, 0.1) is 6.92 Å². The molecule has 0 saturated carbocycles. The highest BCUT2D eigenvalue weighted by atomic mass is 16.5. The summed E-state index contributed by atoms with van der Waals surface area (Å²) in [5.74, 6) is -0.151. The van der Waals surface area contributed by atoms with Gasteiger partial charge in [0, 0.05) is 12.7 Å². The standard InChI is InChI=1S/C12H13N3O2/c1-3-4-5-13-11(16)9-6-10-8(2)15-17-12(10)14-7-9/h3,6-7H,1,4-5H2,2H3,(H,13,16). The maximum atomic E-state index is 11.8. The lowest BCUT2D eigenvalue weighted by Crippen LogP contribution is -2.24. The van der Waals surface area contributed by atoms with Gasteiger partial charge in [0.25, 0.3) is 11.6 Å². The number of amides is 1. The normalized spacial score (nSPS) is 10.4. The maximum Gasteiger partial charge on any atom is 0.257 e. The number of carbonyl (C=O) groups excluding carboxylic acids is 1. The zero-order valence-electron chi connectivity index (χ0n) is 9.56. The lowest BCUT2D eigenvalue weighted by Gasteiger charge is -2.02. The first-order valence-electron chi connectivity index (χ1n) is 5.33. The van der Waals surface area contributed by atoms with Crippen molar-refractivity contribution in [1.82, 2.24) is 15.5 Å². The Labute approximate surface area is 98.5 Å². The van der Waals surface area contributed by atoms with Crippen LogP contribution in [-0.4, -0.2) is 22.6 Å². The summed E-state index contributed by atoms with van der Waals surface area (Å²) in [5, 5.41) is 7.33.